The first kappa shape index (κ1) is 18.9. The van der Waals surface area contributed by atoms with Crippen LogP contribution < -0.4 is 10.6 Å². The molecule has 0 saturated carbocycles. The van der Waals surface area contributed by atoms with E-state index in [1.54, 1.807) is 0 Å². The van der Waals surface area contributed by atoms with E-state index in [9.17, 15) is 0 Å². The van der Waals surface area contributed by atoms with Crippen molar-refractivity contribution in [3.8, 4) is 0 Å². The molecule has 1 fully saturated rings. The van der Waals surface area contributed by atoms with Gasteiger partial charge in [0.05, 0.1) is 19.8 Å². The van der Waals surface area contributed by atoms with E-state index in [0.29, 0.717) is 0 Å². The maximum atomic E-state index is 5.45. The quantitative estimate of drug-likeness (QED) is 0.605. The van der Waals surface area contributed by atoms with Crippen LogP contribution in [0.25, 0.3) is 0 Å². The first-order chi connectivity index (χ1) is 12.7. The number of morpholine rings is 1. The van der Waals surface area contributed by atoms with Crippen molar-refractivity contribution in [2.75, 3.05) is 33.4 Å². The van der Waals surface area contributed by atoms with Crippen molar-refractivity contribution in [1.82, 2.24) is 15.5 Å². The van der Waals surface area contributed by atoms with Crippen LogP contribution in [0, 0.1) is 6.92 Å². The Morgan fingerprint density at radius 2 is 1.81 bits per heavy atom. The van der Waals surface area contributed by atoms with Crippen molar-refractivity contribution in [3.05, 3.63) is 57.3 Å². The van der Waals surface area contributed by atoms with E-state index in [4.69, 9.17) is 4.74 Å². The van der Waals surface area contributed by atoms with Crippen LogP contribution >= 0.6 is 11.3 Å². The molecule has 140 valence electrons. The lowest BCUT2D eigenvalue weighted by Gasteiger charge is -2.27. The number of nitrogens with one attached hydrogen (secondary N) is 2. The summed E-state index contributed by atoms with van der Waals surface area (Å²) in [4.78, 5) is 9.45. The molecular formula is C20H28N4OS. The van der Waals surface area contributed by atoms with Crippen LogP contribution in [-0.2, 0) is 24.4 Å². The van der Waals surface area contributed by atoms with Gasteiger partial charge in [0.25, 0.3) is 0 Å². The minimum absolute atomic E-state index is 0.768. The molecule has 2 heterocycles. The number of benzene rings is 1. The lowest BCUT2D eigenvalue weighted by atomic mass is 10.1. The lowest BCUT2D eigenvalue weighted by molar-refractivity contribution is 0.0341. The third kappa shape index (κ3) is 5.56. The van der Waals surface area contributed by atoms with Gasteiger partial charge in [-0.15, -0.1) is 11.3 Å². The van der Waals surface area contributed by atoms with Crippen LogP contribution in [0.1, 0.15) is 20.9 Å². The molecule has 1 aliphatic heterocycles. The molecule has 1 aromatic carbocycles. The molecular weight excluding hydrogens is 344 g/mol. The van der Waals surface area contributed by atoms with Gasteiger partial charge in [-0.1, -0.05) is 24.3 Å². The maximum absolute atomic E-state index is 5.45. The van der Waals surface area contributed by atoms with E-state index < -0.39 is 0 Å². The molecule has 1 aromatic heterocycles. The van der Waals surface area contributed by atoms with E-state index in [1.165, 1.54) is 20.9 Å². The highest BCUT2D eigenvalue weighted by molar-refractivity contribution is 7.11. The predicted molar refractivity (Wildman–Crippen MR) is 109 cm³/mol. The summed E-state index contributed by atoms with van der Waals surface area (Å²) in [6, 6.07) is 12.9. The molecule has 2 aromatic rings. The summed E-state index contributed by atoms with van der Waals surface area (Å²) < 4.78 is 5.45. The zero-order valence-electron chi connectivity index (χ0n) is 15.6. The fraction of sp³-hybridized carbons (Fsp3) is 0.450. The highest BCUT2D eigenvalue weighted by atomic mass is 32.1. The van der Waals surface area contributed by atoms with Crippen molar-refractivity contribution >= 4 is 17.3 Å². The first-order valence-corrected chi connectivity index (χ1v) is 9.93. The topological polar surface area (TPSA) is 48.9 Å². The highest BCUT2D eigenvalue weighted by Gasteiger charge is 2.12. The third-order valence-electron chi connectivity index (χ3n) is 4.51. The van der Waals surface area contributed by atoms with Gasteiger partial charge in [-0.2, -0.15) is 0 Å². The average molecular weight is 373 g/mol. The number of aryl methyl sites for hydroxylation is 1. The molecule has 1 aliphatic rings. The second kappa shape index (κ2) is 9.71. The molecule has 3 rings (SSSR count). The van der Waals surface area contributed by atoms with Gasteiger partial charge in [-0.3, -0.25) is 9.89 Å². The van der Waals surface area contributed by atoms with Gasteiger partial charge < -0.3 is 15.4 Å². The van der Waals surface area contributed by atoms with E-state index >= 15 is 0 Å². The fourth-order valence-corrected chi connectivity index (χ4v) is 3.86. The number of hydrogen-bond acceptors (Lipinski definition) is 4. The zero-order chi connectivity index (χ0) is 18.2. The summed E-state index contributed by atoms with van der Waals surface area (Å²) in [6.45, 7) is 8.35. The smallest absolute Gasteiger partial charge is 0.191 e. The van der Waals surface area contributed by atoms with E-state index in [-0.39, 0.29) is 0 Å². The third-order valence-corrected chi connectivity index (χ3v) is 5.51. The monoisotopic (exact) mass is 372 g/mol. The summed E-state index contributed by atoms with van der Waals surface area (Å²) >= 11 is 1.82. The molecule has 26 heavy (non-hydrogen) atoms. The van der Waals surface area contributed by atoms with Crippen LogP contribution in [-0.4, -0.2) is 44.2 Å². The molecule has 0 atom stereocenters. The summed E-state index contributed by atoms with van der Waals surface area (Å²) in [5.74, 6) is 0.831. The Labute approximate surface area is 160 Å². The van der Waals surface area contributed by atoms with Gasteiger partial charge in [0.1, 0.15) is 0 Å². The Hall–Kier alpha value is -1.89. The zero-order valence-corrected chi connectivity index (χ0v) is 16.4. The van der Waals surface area contributed by atoms with Crippen molar-refractivity contribution in [3.63, 3.8) is 0 Å². The molecule has 0 bridgehead atoms. The highest BCUT2D eigenvalue weighted by Crippen LogP contribution is 2.15. The number of guanidine groups is 1. The Morgan fingerprint density at radius 1 is 1.08 bits per heavy atom. The van der Waals surface area contributed by atoms with Gasteiger partial charge in [-0.05, 0) is 30.2 Å². The summed E-state index contributed by atoms with van der Waals surface area (Å²) in [7, 11) is 1.81. The Balaban J connectivity index is 1.54. The number of ether oxygens (including phenoxy) is 1. The van der Waals surface area contributed by atoms with Gasteiger partial charge in [0, 0.05) is 43.0 Å². The average Bonchev–Trinajstić information content (AvgIpc) is 3.09. The Kier molecular flexibility index (Phi) is 7.05. The second-order valence-electron chi connectivity index (χ2n) is 6.45. The first-order valence-electron chi connectivity index (χ1n) is 9.11. The molecule has 5 nitrogen and oxygen atoms in total. The van der Waals surface area contributed by atoms with Crippen LogP contribution in [0.2, 0.25) is 0 Å². The largest absolute Gasteiger partial charge is 0.379 e. The van der Waals surface area contributed by atoms with Gasteiger partial charge in [0.2, 0.25) is 0 Å². The van der Waals surface area contributed by atoms with Crippen LogP contribution in [0.5, 0.6) is 0 Å². The Morgan fingerprint density at radius 3 is 2.50 bits per heavy atom. The Bertz CT molecular complexity index is 722. The van der Waals surface area contributed by atoms with Crippen LogP contribution in [0.15, 0.2) is 41.4 Å². The molecule has 0 amide bonds. The standard InChI is InChI=1S/C20H28N4OS/c1-16-7-8-19(26-16)14-23-20(21-2)22-13-17-5-3-4-6-18(17)15-24-9-11-25-12-10-24/h3-8H,9-15H2,1-2H3,(H2,21,22,23). The van der Waals surface area contributed by atoms with Gasteiger partial charge >= 0.3 is 0 Å². The minimum atomic E-state index is 0.768. The minimum Gasteiger partial charge on any atom is -0.379 e. The number of aliphatic imine (C=N–C) groups is 1. The van der Waals surface area contributed by atoms with Crippen LogP contribution in [0.4, 0.5) is 0 Å². The molecule has 2 N–H and O–H groups in total. The van der Waals surface area contributed by atoms with E-state index in [1.807, 2.05) is 18.4 Å². The van der Waals surface area contributed by atoms with Gasteiger partial charge in [0.15, 0.2) is 5.96 Å². The predicted octanol–water partition coefficient (Wildman–Crippen LogP) is 2.75. The number of hydrogen-bond donors (Lipinski definition) is 2. The van der Waals surface area contributed by atoms with E-state index in [2.05, 4.69) is 63.8 Å². The normalized spacial score (nSPS) is 15.8. The SMILES string of the molecule is CN=C(NCc1ccc(C)s1)NCc1ccccc1CN1CCOCC1. The summed E-state index contributed by atoms with van der Waals surface area (Å²) in [5.41, 5.74) is 2.68. The summed E-state index contributed by atoms with van der Waals surface area (Å²) in [5, 5.41) is 6.83. The fourth-order valence-electron chi connectivity index (χ4n) is 3.03. The number of nitrogens with zero attached hydrogens (tertiary/aromatic N) is 2. The maximum Gasteiger partial charge on any atom is 0.191 e. The number of thiophene rings is 1. The lowest BCUT2D eigenvalue weighted by Crippen LogP contribution is -2.37. The number of rotatable bonds is 6. The molecule has 0 radical (unpaired) electrons. The van der Waals surface area contributed by atoms with Crippen molar-refractivity contribution in [2.24, 2.45) is 4.99 Å². The van der Waals surface area contributed by atoms with Crippen molar-refractivity contribution < 1.29 is 4.74 Å². The van der Waals surface area contributed by atoms with Crippen molar-refractivity contribution in [1.29, 1.82) is 0 Å². The summed E-state index contributed by atoms with van der Waals surface area (Å²) in [6.07, 6.45) is 0. The van der Waals surface area contributed by atoms with Gasteiger partial charge in [-0.25, -0.2) is 0 Å². The molecule has 6 heteroatoms. The molecule has 0 spiro atoms. The molecule has 1 saturated heterocycles. The van der Waals surface area contributed by atoms with Crippen LogP contribution in [0.3, 0.4) is 0 Å². The van der Waals surface area contributed by atoms with Crippen molar-refractivity contribution in [2.45, 2.75) is 26.6 Å². The second-order valence-corrected chi connectivity index (χ2v) is 7.82. The molecule has 0 unspecified atom stereocenters. The van der Waals surface area contributed by atoms with E-state index in [0.717, 1.165) is 51.9 Å². The molecule has 0 aliphatic carbocycles.